The van der Waals surface area contributed by atoms with Crippen molar-refractivity contribution in [2.75, 3.05) is 26.9 Å². The van der Waals surface area contributed by atoms with E-state index in [0.717, 1.165) is 30.2 Å². The number of unbranched alkanes of at least 4 members (excludes halogenated alkanes) is 2. The molecule has 1 fully saturated rings. The molecule has 1 aliphatic heterocycles. The summed E-state index contributed by atoms with van der Waals surface area (Å²) in [6.07, 6.45) is 4.97. The molecule has 256 valence electrons. The van der Waals surface area contributed by atoms with Crippen LogP contribution in [0.3, 0.4) is 0 Å². The lowest BCUT2D eigenvalue weighted by Crippen LogP contribution is -2.60. The fourth-order valence-corrected chi connectivity index (χ4v) is 6.05. The number of rotatable bonds is 14. The maximum absolute atomic E-state index is 14.0. The number of fused-ring (bicyclic) bond motifs is 1. The number of hydrogen-bond donors (Lipinski definition) is 4. The summed E-state index contributed by atoms with van der Waals surface area (Å²) in [5, 5.41) is 20.0. The molecule has 0 radical (unpaired) electrons. The first-order chi connectivity index (χ1) is 21.7. The van der Waals surface area contributed by atoms with Crippen molar-refractivity contribution in [1.82, 2.24) is 25.4 Å². The van der Waals surface area contributed by atoms with Crippen LogP contribution in [0.25, 0.3) is 10.9 Å². The van der Waals surface area contributed by atoms with Crippen molar-refractivity contribution in [3.05, 3.63) is 36.0 Å². The Morgan fingerprint density at radius 2 is 1.72 bits per heavy atom. The van der Waals surface area contributed by atoms with Gasteiger partial charge in [-0.05, 0) is 50.2 Å². The molecule has 46 heavy (non-hydrogen) atoms. The zero-order valence-corrected chi connectivity index (χ0v) is 28.4. The SMILES string of the molecule is CCCCC[C@@H](NC[C@@H](Cc1cn(C(=O)OC)c2ccccc12)NC(=O)[C@H](CC(C)(C)C)NC(=O)N1[C@H](C)COC[C@@H]1C)C(=O)O. The van der Waals surface area contributed by atoms with Gasteiger partial charge in [0.05, 0.1) is 37.9 Å². The van der Waals surface area contributed by atoms with Gasteiger partial charge in [-0.3, -0.25) is 14.2 Å². The van der Waals surface area contributed by atoms with E-state index < -0.39 is 30.2 Å². The molecule has 1 saturated heterocycles. The number of aromatic nitrogens is 1. The van der Waals surface area contributed by atoms with E-state index in [1.807, 2.05) is 58.9 Å². The van der Waals surface area contributed by atoms with Crippen molar-refractivity contribution >= 4 is 34.9 Å². The Kier molecular flexibility index (Phi) is 13.4. The molecule has 3 rings (SSSR count). The summed E-state index contributed by atoms with van der Waals surface area (Å²) in [5.74, 6) is -1.31. The van der Waals surface area contributed by atoms with Gasteiger partial charge < -0.3 is 35.4 Å². The van der Waals surface area contributed by atoms with Gasteiger partial charge in [-0.15, -0.1) is 0 Å². The zero-order valence-electron chi connectivity index (χ0n) is 28.4. The van der Waals surface area contributed by atoms with Gasteiger partial charge in [0.2, 0.25) is 5.91 Å². The topological polar surface area (TPSA) is 151 Å². The lowest BCUT2D eigenvalue weighted by Gasteiger charge is -2.40. The average Bonchev–Trinajstić information content (AvgIpc) is 3.35. The molecule has 0 bridgehead atoms. The van der Waals surface area contributed by atoms with E-state index in [1.165, 1.54) is 11.7 Å². The summed E-state index contributed by atoms with van der Waals surface area (Å²) in [7, 11) is 1.32. The second-order valence-corrected chi connectivity index (χ2v) is 13.6. The first kappa shape index (κ1) is 36.8. The summed E-state index contributed by atoms with van der Waals surface area (Å²) in [6.45, 7) is 12.9. The van der Waals surface area contributed by atoms with E-state index in [2.05, 4.69) is 22.9 Å². The van der Waals surface area contributed by atoms with Crippen molar-refractivity contribution in [2.24, 2.45) is 5.41 Å². The number of carbonyl (C=O) groups is 4. The summed E-state index contributed by atoms with van der Waals surface area (Å²) < 4.78 is 12.0. The number of carboxylic acids is 1. The molecule has 12 heteroatoms. The Hall–Kier alpha value is -3.64. The predicted octanol–water partition coefficient (Wildman–Crippen LogP) is 4.53. The van der Waals surface area contributed by atoms with Gasteiger partial charge in [-0.1, -0.05) is 65.2 Å². The van der Waals surface area contributed by atoms with Crippen LogP contribution in [0.4, 0.5) is 9.59 Å². The highest BCUT2D eigenvalue weighted by atomic mass is 16.5. The molecule has 0 saturated carbocycles. The van der Waals surface area contributed by atoms with E-state index >= 15 is 0 Å². The van der Waals surface area contributed by atoms with E-state index in [0.29, 0.717) is 38.0 Å². The molecular weight excluding hydrogens is 590 g/mol. The lowest BCUT2D eigenvalue weighted by molar-refractivity contribution is -0.139. The molecule has 3 amide bonds. The summed E-state index contributed by atoms with van der Waals surface area (Å²) >= 11 is 0. The quantitative estimate of drug-likeness (QED) is 0.219. The van der Waals surface area contributed by atoms with Crippen LogP contribution in [0.2, 0.25) is 0 Å². The second kappa shape index (κ2) is 16.8. The number of para-hydroxylation sites is 1. The molecule has 1 aliphatic rings. The Balaban J connectivity index is 1.91. The van der Waals surface area contributed by atoms with Crippen molar-refractivity contribution in [1.29, 1.82) is 0 Å². The number of nitrogens with one attached hydrogen (secondary N) is 3. The highest BCUT2D eigenvalue weighted by molar-refractivity contribution is 5.92. The highest BCUT2D eigenvalue weighted by Crippen LogP contribution is 2.25. The van der Waals surface area contributed by atoms with Gasteiger partial charge in [-0.2, -0.15) is 0 Å². The molecule has 4 N–H and O–H groups in total. The monoisotopic (exact) mass is 643 g/mol. The molecule has 1 aromatic heterocycles. The minimum atomic E-state index is -0.949. The molecule has 12 nitrogen and oxygen atoms in total. The fourth-order valence-electron chi connectivity index (χ4n) is 6.05. The number of morpholine rings is 1. The van der Waals surface area contributed by atoms with Gasteiger partial charge in [0.25, 0.3) is 0 Å². The van der Waals surface area contributed by atoms with Gasteiger partial charge >= 0.3 is 18.1 Å². The number of amides is 3. The number of ether oxygens (including phenoxy) is 2. The maximum Gasteiger partial charge on any atom is 0.418 e. The molecule has 1 aromatic carbocycles. The average molecular weight is 644 g/mol. The number of methoxy groups -OCH3 is 1. The van der Waals surface area contributed by atoms with Crippen LogP contribution in [0.15, 0.2) is 30.5 Å². The normalized spacial score (nSPS) is 18.9. The first-order valence-electron chi connectivity index (χ1n) is 16.4. The van der Waals surface area contributed by atoms with E-state index in [4.69, 9.17) is 9.47 Å². The van der Waals surface area contributed by atoms with Crippen LogP contribution in [0.1, 0.15) is 79.2 Å². The molecular formula is C34H53N5O7. The minimum absolute atomic E-state index is 0.146. The van der Waals surface area contributed by atoms with Crippen molar-refractivity contribution < 1.29 is 33.8 Å². The minimum Gasteiger partial charge on any atom is -0.480 e. The van der Waals surface area contributed by atoms with Gasteiger partial charge in [-0.25, -0.2) is 9.59 Å². The standard InChI is InChI=1S/C34H53N5O7/c1-8-9-10-14-27(31(41)42)35-18-25(16-24-19-38(33(44)45-7)29-15-12-11-13-26(24)29)36-30(40)28(17-34(4,5)6)37-32(43)39-22(2)20-46-21-23(39)3/h11-13,15,19,22-23,25,27-28,35H,8-10,14,16-18,20-21H2,1-7H3,(H,36,40)(H,37,43)(H,41,42)/t22-,23+,25-,27-,28+/m1/s1. The fraction of sp³-hybridized carbons (Fsp3) is 0.647. The molecule has 0 unspecified atom stereocenters. The Morgan fingerprint density at radius 1 is 1.04 bits per heavy atom. The highest BCUT2D eigenvalue weighted by Gasteiger charge is 2.34. The van der Waals surface area contributed by atoms with Crippen LogP contribution < -0.4 is 16.0 Å². The van der Waals surface area contributed by atoms with Crippen LogP contribution >= 0.6 is 0 Å². The van der Waals surface area contributed by atoms with Crippen LogP contribution in [0.5, 0.6) is 0 Å². The van der Waals surface area contributed by atoms with Gasteiger partial charge in [0.15, 0.2) is 0 Å². The largest absolute Gasteiger partial charge is 0.480 e. The second-order valence-electron chi connectivity index (χ2n) is 13.6. The van der Waals surface area contributed by atoms with Crippen molar-refractivity contribution in [3.8, 4) is 0 Å². The third kappa shape index (κ3) is 10.2. The number of urea groups is 1. The van der Waals surface area contributed by atoms with E-state index in [1.54, 1.807) is 11.1 Å². The number of carbonyl (C=O) groups excluding carboxylic acids is 3. The number of aliphatic carboxylic acids is 1. The Morgan fingerprint density at radius 3 is 2.33 bits per heavy atom. The molecule has 2 heterocycles. The maximum atomic E-state index is 14.0. The smallest absolute Gasteiger partial charge is 0.418 e. The van der Waals surface area contributed by atoms with E-state index in [9.17, 15) is 24.3 Å². The third-order valence-corrected chi connectivity index (χ3v) is 8.32. The van der Waals surface area contributed by atoms with Gasteiger partial charge in [0.1, 0.15) is 12.1 Å². The Bertz CT molecular complexity index is 1330. The predicted molar refractivity (Wildman–Crippen MR) is 177 cm³/mol. The van der Waals surface area contributed by atoms with Crippen molar-refractivity contribution in [2.45, 2.75) is 110 Å². The number of nitrogens with zero attached hydrogens (tertiary/aromatic N) is 2. The summed E-state index contributed by atoms with van der Waals surface area (Å²) in [6, 6.07) is 4.62. The van der Waals surface area contributed by atoms with Crippen molar-refractivity contribution in [3.63, 3.8) is 0 Å². The number of benzene rings is 1. The zero-order chi connectivity index (χ0) is 34.0. The van der Waals surface area contributed by atoms with Crippen LogP contribution in [-0.4, -0.2) is 95.7 Å². The summed E-state index contributed by atoms with van der Waals surface area (Å²) in [4.78, 5) is 53.9. The first-order valence-corrected chi connectivity index (χ1v) is 16.4. The Labute approximate surface area is 272 Å². The van der Waals surface area contributed by atoms with Gasteiger partial charge in [0, 0.05) is 24.2 Å². The third-order valence-electron chi connectivity index (χ3n) is 8.32. The molecule has 2 aromatic rings. The number of hydrogen-bond acceptors (Lipinski definition) is 7. The number of carboxylic acid groups (broad SMARTS) is 1. The van der Waals surface area contributed by atoms with E-state index in [-0.39, 0.29) is 36.0 Å². The lowest BCUT2D eigenvalue weighted by atomic mass is 9.87. The molecule has 5 atom stereocenters. The molecule has 0 aliphatic carbocycles. The molecule has 0 spiro atoms. The van der Waals surface area contributed by atoms with Crippen LogP contribution in [0, 0.1) is 5.41 Å². The van der Waals surface area contributed by atoms with Crippen LogP contribution in [-0.2, 0) is 25.5 Å². The summed E-state index contributed by atoms with van der Waals surface area (Å²) in [5.41, 5.74) is 1.17.